The molecule has 0 spiro atoms. The molecule has 1 saturated carbocycles. The number of nitrogens with zero attached hydrogens (tertiary/aromatic N) is 4. The van der Waals surface area contributed by atoms with Gasteiger partial charge in [0.1, 0.15) is 0 Å². The predicted octanol–water partition coefficient (Wildman–Crippen LogP) is 0.878. The highest BCUT2D eigenvalue weighted by Crippen LogP contribution is 2.38. The number of carbonyl (C=O) groups excluding carboxylic acids is 1. The number of aromatic nitrogens is 4. The molecule has 1 aliphatic rings. The molecule has 1 fully saturated rings. The van der Waals surface area contributed by atoms with E-state index >= 15 is 0 Å². The van der Waals surface area contributed by atoms with Crippen LogP contribution >= 0.6 is 0 Å². The smallest absolute Gasteiger partial charge is 0.254 e. The molecule has 7 heteroatoms. The third-order valence-electron chi connectivity index (χ3n) is 4.21. The van der Waals surface area contributed by atoms with Crippen molar-refractivity contribution in [3.05, 3.63) is 35.9 Å². The van der Waals surface area contributed by atoms with Crippen LogP contribution in [0, 0.1) is 5.92 Å². The van der Waals surface area contributed by atoms with Gasteiger partial charge in [-0.25, -0.2) is 0 Å². The standard InChI is InChI=1S/C15H21N5O2/c1-3-20-9-12(7-17-20)15(22)18-14(10-4-13(21)5-10)11-6-16-19(2)8-11/h6-10,13-14,21H,3-5H2,1-2H3,(H,18,22)/t10?,13?,14-/m1/s1. The van der Waals surface area contributed by atoms with E-state index in [1.54, 1.807) is 28.0 Å². The number of nitrogens with one attached hydrogen (secondary N) is 1. The summed E-state index contributed by atoms with van der Waals surface area (Å²) in [5, 5.41) is 20.9. The maximum Gasteiger partial charge on any atom is 0.254 e. The molecule has 1 aliphatic carbocycles. The quantitative estimate of drug-likeness (QED) is 0.858. The topological polar surface area (TPSA) is 85.0 Å². The Bertz CT molecular complexity index is 656. The minimum atomic E-state index is -0.260. The summed E-state index contributed by atoms with van der Waals surface area (Å²) in [6, 6.07) is -0.130. The fourth-order valence-electron chi connectivity index (χ4n) is 2.85. The normalized spacial score (nSPS) is 22.1. The molecule has 2 aromatic rings. The highest BCUT2D eigenvalue weighted by Gasteiger charge is 2.36. The first kappa shape index (κ1) is 14.8. The Labute approximate surface area is 128 Å². The van der Waals surface area contributed by atoms with E-state index in [9.17, 15) is 9.90 Å². The molecule has 118 valence electrons. The zero-order valence-corrected chi connectivity index (χ0v) is 12.8. The molecular formula is C15H21N5O2. The molecule has 0 aromatic carbocycles. The first-order valence-corrected chi connectivity index (χ1v) is 7.56. The third kappa shape index (κ3) is 2.89. The molecule has 3 rings (SSSR count). The van der Waals surface area contributed by atoms with Gasteiger partial charge >= 0.3 is 0 Å². The maximum atomic E-state index is 12.4. The van der Waals surface area contributed by atoms with E-state index in [1.807, 2.05) is 20.2 Å². The molecular weight excluding hydrogens is 282 g/mol. The molecule has 2 N–H and O–H groups in total. The summed E-state index contributed by atoms with van der Waals surface area (Å²) in [6.07, 6.45) is 8.14. The van der Waals surface area contributed by atoms with Crippen molar-refractivity contribution in [3.63, 3.8) is 0 Å². The summed E-state index contributed by atoms with van der Waals surface area (Å²) >= 11 is 0. The summed E-state index contributed by atoms with van der Waals surface area (Å²) < 4.78 is 3.44. The Kier molecular flexibility index (Phi) is 3.98. The lowest BCUT2D eigenvalue weighted by Gasteiger charge is -2.37. The van der Waals surface area contributed by atoms with E-state index in [4.69, 9.17) is 0 Å². The van der Waals surface area contributed by atoms with Crippen LogP contribution in [0.1, 0.15) is 41.7 Å². The number of aliphatic hydroxyl groups is 1. The number of carbonyl (C=O) groups is 1. The van der Waals surface area contributed by atoms with Crippen LogP contribution in [0.5, 0.6) is 0 Å². The summed E-state index contributed by atoms with van der Waals surface area (Å²) in [6.45, 7) is 2.71. The largest absolute Gasteiger partial charge is 0.393 e. The summed E-state index contributed by atoms with van der Waals surface area (Å²) in [5.74, 6) is 0.0966. The van der Waals surface area contributed by atoms with E-state index < -0.39 is 0 Å². The molecule has 0 aliphatic heterocycles. The molecule has 0 bridgehead atoms. The van der Waals surface area contributed by atoms with E-state index in [2.05, 4.69) is 15.5 Å². The lowest BCUT2D eigenvalue weighted by atomic mass is 9.75. The van der Waals surface area contributed by atoms with Gasteiger partial charge in [-0.05, 0) is 25.7 Å². The molecule has 2 aromatic heterocycles. The minimum absolute atomic E-state index is 0.130. The second kappa shape index (κ2) is 5.92. The molecule has 22 heavy (non-hydrogen) atoms. The monoisotopic (exact) mass is 303 g/mol. The third-order valence-corrected chi connectivity index (χ3v) is 4.21. The van der Waals surface area contributed by atoms with Crippen molar-refractivity contribution in [1.29, 1.82) is 0 Å². The van der Waals surface area contributed by atoms with Crippen molar-refractivity contribution in [1.82, 2.24) is 24.9 Å². The van der Waals surface area contributed by atoms with Gasteiger partial charge in [-0.1, -0.05) is 0 Å². The van der Waals surface area contributed by atoms with Gasteiger partial charge in [0.2, 0.25) is 0 Å². The summed E-state index contributed by atoms with van der Waals surface area (Å²) in [4.78, 5) is 12.4. The number of rotatable bonds is 5. The Morgan fingerprint density at radius 1 is 1.41 bits per heavy atom. The van der Waals surface area contributed by atoms with Crippen LogP contribution in [-0.2, 0) is 13.6 Å². The number of aliphatic hydroxyl groups excluding tert-OH is 1. The van der Waals surface area contributed by atoms with E-state index in [1.165, 1.54) is 0 Å². The minimum Gasteiger partial charge on any atom is -0.393 e. The van der Waals surface area contributed by atoms with Crippen LogP contribution in [0.3, 0.4) is 0 Å². The summed E-state index contributed by atoms with van der Waals surface area (Å²) in [7, 11) is 1.85. The van der Waals surface area contributed by atoms with Crippen LogP contribution in [0.4, 0.5) is 0 Å². The number of hydrogen-bond acceptors (Lipinski definition) is 4. The summed E-state index contributed by atoms with van der Waals surface area (Å²) in [5.41, 5.74) is 1.52. The van der Waals surface area contributed by atoms with E-state index in [0.29, 0.717) is 18.4 Å². The van der Waals surface area contributed by atoms with Crippen LogP contribution in [0.25, 0.3) is 0 Å². The fraction of sp³-hybridized carbons (Fsp3) is 0.533. The van der Waals surface area contributed by atoms with Crippen LogP contribution in [0.15, 0.2) is 24.8 Å². The predicted molar refractivity (Wildman–Crippen MR) is 80.0 cm³/mol. The van der Waals surface area contributed by atoms with Gasteiger partial charge in [0, 0.05) is 31.5 Å². The Morgan fingerprint density at radius 2 is 2.18 bits per heavy atom. The zero-order chi connectivity index (χ0) is 15.7. The first-order valence-electron chi connectivity index (χ1n) is 7.56. The van der Waals surface area contributed by atoms with E-state index in [0.717, 1.165) is 12.1 Å². The van der Waals surface area contributed by atoms with Crippen molar-refractivity contribution in [2.75, 3.05) is 0 Å². The molecule has 1 amide bonds. The van der Waals surface area contributed by atoms with Gasteiger partial charge in [0.25, 0.3) is 5.91 Å². The number of amides is 1. The van der Waals surface area contributed by atoms with Gasteiger partial charge in [-0.3, -0.25) is 14.2 Å². The molecule has 0 unspecified atom stereocenters. The highest BCUT2D eigenvalue weighted by atomic mass is 16.3. The SMILES string of the molecule is CCn1cc(C(=O)N[C@@H](c2cnn(C)c2)C2CC(O)C2)cn1. The zero-order valence-electron chi connectivity index (χ0n) is 12.8. The highest BCUT2D eigenvalue weighted by molar-refractivity contribution is 5.94. The van der Waals surface area contributed by atoms with Gasteiger partial charge in [-0.2, -0.15) is 10.2 Å². The van der Waals surface area contributed by atoms with Crippen molar-refractivity contribution in [2.24, 2.45) is 13.0 Å². The van der Waals surface area contributed by atoms with Crippen LogP contribution in [-0.4, -0.2) is 36.7 Å². The Hall–Kier alpha value is -2.15. The van der Waals surface area contributed by atoms with E-state index in [-0.39, 0.29) is 24.0 Å². The molecule has 7 nitrogen and oxygen atoms in total. The second-order valence-electron chi connectivity index (χ2n) is 5.87. The average Bonchev–Trinajstić information content (AvgIpc) is 3.10. The van der Waals surface area contributed by atoms with Crippen LogP contribution < -0.4 is 5.32 Å². The van der Waals surface area contributed by atoms with Gasteiger partial charge in [0.15, 0.2) is 0 Å². The average molecular weight is 303 g/mol. The molecule has 0 radical (unpaired) electrons. The number of hydrogen-bond donors (Lipinski definition) is 2. The lowest BCUT2D eigenvalue weighted by molar-refractivity contribution is 0.0235. The molecule has 0 saturated heterocycles. The Balaban J connectivity index is 1.76. The fourth-order valence-corrected chi connectivity index (χ4v) is 2.85. The lowest BCUT2D eigenvalue weighted by Crippen LogP contribution is -2.41. The second-order valence-corrected chi connectivity index (χ2v) is 5.87. The molecule has 1 atom stereocenters. The number of aryl methyl sites for hydroxylation is 2. The van der Waals surface area contributed by atoms with Crippen molar-refractivity contribution >= 4 is 5.91 Å². The van der Waals surface area contributed by atoms with Crippen molar-refractivity contribution in [3.8, 4) is 0 Å². The van der Waals surface area contributed by atoms with Gasteiger partial charge in [0.05, 0.1) is 30.1 Å². The molecule has 2 heterocycles. The maximum absolute atomic E-state index is 12.4. The Morgan fingerprint density at radius 3 is 2.73 bits per heavy atom. The first-order chi connectivity index (χ1) is 10.6. The van der Waals surface area contributed by atoms with Crippen LogP contribution in [0.2, 0.25) is 0 Å². The van der Waals surface area contributed by atoms with Crippen molar-refractivity contribution < 1.29 is 9.90 Å². The van der Waals surface area contributed by atoms with Gasteiger partial charge < -0.3 is 10.4 Å². The van der Waals surface area contributed by atoms with Gasteiger partial charge in [-0.15, -0.1) is 0 Å². The van der Waals surface area contributed by atoms with Crippen molar-refractivity contribution in [2.45, 2.75) is 38.5 Å².